The van der Waals surface area contributed by atoms with Gasteiger partial charge in [0.25, 0.3) is 0 Å². The lowest BCUT2D eigenvalue weighted by atomic mass is 9.90. The van der Waals surface area contributed by atoms with Crippen LogP contribution in [-0.2, 0) is 10.2 Å². The number of rotatable bonds is 4. The van der Waals surface area contributed by atoms with E-state index in [2.05, 4.69) is 10.6 Å². The Labute approximate surface area is 112 Å². The Morgan fingerprint density at radius 3 is 2.76 bits per heavy atom. The van der Waals surface area contributed by atoms with Crippen LogP contribution in [0.4, 0.5) is 0 Å². The van der Waals surface area contributed by atoms with E-state index in [1.165, 1.54) is 0 Å². The summed E-state index contributed by atoms with van der Waals surface area (Å²) in [5, 5.41) is 8.26. The fraction of sp³-hybridized carbons (Fsp3) is 0.583. The standard InChI is InChI=1S/C12H18N2OS.ClH/c1-12(2,10-4-3-5-16-10)11(15)14-8-9-6-13-7-9;/h3-5,9,13H,6-8H2,1-2H3,(H,14,15);1H. The Hall–Kier alpha value is -0.580. The van der Waals surface area contributed by atoms with E-state index in [9.17, 15) is 4.79 Å². The number of thiophene rings is 1. The number of hydrogen-bond acceptors (Lipinski definition) is 3. The average molecular weight is 275 g/mol. The molecule has 2 heterocycles. The molecule has 5 heteroatoms. The molecule has 3 nitrogen and oxygen atoms in total. The molecule has 96 valence electrons. The second-order valence-electron chi connectivity index (χ2n) is 4.84. The Morgan fingerprint density at radius 2 is 2.29 bits per heavy atom. The number of carbonyl (C=O) groups is 1. The van der Waals surface area contributed by atoms with Gasteiger partial charge >= 0.3 is 0 Å². The van der Waals surface area contributed by atoms with Gasteiger partial charge in [0.05, 0.1) is 5.41 Å². The summed E-state index contributed by atoms with van der Waals surface area (Å²) < 4.78 is 0. The fourth-order valence-corrected chi connectivity index (χ4v) is 2.55. The van der Waals surface area contributed by atoms with Crippen molar-refractivity contribution in [2.45, 2.75) is 19.3 Å². The van der Waals surface area contributed by atoms with Crippen LogP contribution in [-0.4, -0.2) is 25.5 Å². The van der Waals surface area contributed by atoms with Crippen LogP contribution in [0, 0.1) is 5.92 Å². The van der Waals surface area contributed by atoms with Crippen molar-refractivity contribution < 1.29 is 4.79 Å². The molecular formula is C12H19ClN2OS. The largest absolute Gasteiger partial charge is 0.355 e. The van der Waals surface area contributed by atoms with Crippen LogP contribution in [0.25, 0.3) is 0 Å². The van der Waals surface area contributed by atoms with Crippen LogP contribution >= 0.6 is 23.7 Å². The lowest BCUT2D eigenvalue weighted by Crippen LogP contribution is -2.50. The third kappa shape index (κ3) is 3.21. The first-order valence-corrected chi connectivity index (χ1v) is 6.51. The molecule has 0 atom stereocenters. The summed E-state index contributed by atoms with van der Waals surface area (Å²) in [7, 11) is 0. The molecule has 0 saturated carbocycles. The van der Waals surface area contributed by atoms with Crippen molar-refractivity contribution in [3.63, 3.8) is 0 Å². The molecule has 0 spiro atoms. The highest BCUT2D eigenvalue weighted by molar-refractivity contribution is 7.10. The first-order valence-electron chi connectivity index (χ1n) is 5.63. The Bertz CT molecular complexity index is 361. The highest BCUT2D eigenvalue weighted by Crippen LogP contribution is 2.27. The quantitative estimate of drug-likeness (QED) is 0.879. The molecule has 2 N–H and O–H groups in total. The SMILES string of the molecule is CC(C)(C(=O)NCC1CNC1)c1cccs1.Cl. The number of carbonyl (C=O) groups excluding carboxylic acids is 1. The van der Waals surface area contributed by atoms with E-state index in [0.717, 1.165) is 24.5 Å². The minimum absolute atomic E-state index is 0. The van der Waals surface area contributed by atoms with Crippen LogP contribution in [0.5, 0.6) is 0 Å². The highest BCUT2D eigenvalue weighted by atomic mass is 35.5. The van der Waals surface area contributed by atoms with Crippen molar-refractivity contribution in [2.24, 2.45) is 5.92 Å². The maximum absolute atomic E-state index is 12.1. The average Bonchev–Trinajstić information content (AvgIpc) is 2.68. The molecule has 1 saturated heterocycles. The number of hydrogen-bond donors (Lipinski definition) is 2. The molecule has 0 radical (unpaired) electrons. The first-order chi connectivity index (χ1) is 7.60. The summed E-state index contributed by atoms with van der Waals surface area (Å²) in [6.45, 7) is 6.81. The zero-order valence-electron chi connectivity index (χ0n) is 10.2. The van der Waals surface area contributed by atoms with Crippen molar-refractivity contribution in [1.29, 1.82) is 0 Å². The van der Waals surface area contributed by atoms with Crippen LogP contribution in [0.15, 0.2) is 17.5 Å². The fourth-order valence-electron chi connectivity index (χ4n) is 1.70. The first kappa shape index (κ1) is 14.5. The summed E-state index contributed by atoms with van der Waals surface area (Å²) >= 11 is 1.64. The van der Waals surface area contributed by atoms with Crippen molar-refractivity contribution in [3.05, 3.63) is 22.4 Å². The van der Waals surface area contributed by atoms with Gasteiger partial charge in [0.1, 0.15) is 0 Å². The van der Waals surface area contributed by atoms with Crippen LogP contribution < -0.4 is 10.6 Å². The summed E-state index contributed by atoms with van der Waals surface area (Å²) in [4.78, 5) is 13.2. The lowest BCUT2D eigenvalue weighted by molar-refractivity contribution is -0.125. The van der Waals surface area contributed by atoms with Gasteiger partial charge in [-0.05, 0) is 25.3 Å². The van der Waals surface area contributed by atoms with E-state index < -0.39 is 5.41 Å². The highest BCUT2D eigenvalue weighted by Gasteiger charge is 2.31. The molecule has 0 aromatic carbocycles. The molecule has 0 unspecified atom stereocenters. The molecule has 0 aliphatic carbocycles. The minimum atomic E-state index is -0.411. The topological polar surface area (TPSA) is 41.1 Å². The summed E-state index contributed by atoms with van der Waals surface area (Å²) in [5.41, 5.74) is -0.411. The van der Waals surface area contributed by atoms with Gasteiger partial charge in [-0.3, -0.25) is 4.79 Å². The molecule has 2 rings (SSSR count). The summed E-state index contributed by atoms with van der Waals surface area (Å²) in [6, 6.07) is 4.01. The van der Waals surface area contributed by atoms with Crippen molar-refractivity contribution in [1.82, 2.24) is 10.6 Å². The number of amides is 1. The lowest BCUT2D eigenvalue weighted by Gasteiger charge is -2.29. The second-order valence-corrected chi connectivity index (χ2v) is 5.78. The van der Waals surface area contributed by atoms with Gasteiger partial charge in [-0.25, -0.2) is 0 Å². The second kappa shape index (κ2) is 5.85. The van der Waals surface area contributed by atoms with Crippen molar-refractivity contribution in [3.8, 4) is 0 Å². The monoisotopic (exact) mass is 274 g/mol. The third-order valence-corrected chi connectivity index (χ3v) is 4.32. The van der Waals surface area contributed by atoms with Gasteiger partial charge < -0.3 is 10.6 Å². The Morgan fingerprint density at radius 1 is 1.59 bits per heavy atom. The minimum Gasteiger partial charge on any atom is -0.355 e. The van der Waals surface area contributed by atoms with E-state index in [0.29, 0.717) is 5.92 Å². The van der Waals surface area contributed by atoms with Crippen LogP contribution in [0.1, 0.15) is 18.7 Å². The van der Waals surface area contributed by atoms with Crippen molar-refractivity contribution in [2.75, 3.05) is 19.6 Å². The molecule has 1 aromatic rings. The zero-order valence-corrected chi connectivity index (χ0v) is 11.8. The van der Waals surface area contributed by atoms with E-state index in [1.54, 1.807) is 11.3 Å². The zero-order chi connectivity index (χ0) is 11.6. The molecule has 1 aliphatic rings. The normalized spacial score (nSPS) is 15.9. The third-order valence-electron chi connectivity index (χ3n) is 3.12. The van der Waals surface area contributed by atoms with E-state index in [1.807, 2.05) is 31.4 Å². The van der Waals surface area contributed by atoms with Gasteiger partial charge in [-0.2, -0.15) is 0 Å². The Kier molecular flexibility index (Phi) is 4.98. The molecular weight excluding hydrogens is 256 g/mol. The smallest absolute Gasteiger partial charge is 0.230 e. The van der Waals surface area contributed by atoms with E-state index in [4.69, 9.17) is 0 Å². The van der Waals surface area contributed by atoms with Gasteiger partial charge in [0.2, 0.25) is 5.91 Å². The summed E-state index contributed by atoms with van der Waals surface area (Å²) in [5.74, 6) is 0.741. The molecule has 1 aliphatic heterocycles. The number of halogens is 1. The molecule has 0 bridgehead atoms. The van der Waals surface area contributed by atoms with Crippen molar-refractivity contribution >= 4 is 29.7 Å². The van der Waals surface area contributed by atoms with Gasteiger partial charge in [-0.1, -0.05) is 6.07 Å². The molecule has 17 heavy (non-hydrogen) atoms. The molecule has 1 fully saturated rings. The maximum Gasteiger partial charge on any atom is 0.230 e. The predicted octanol–water partition coefficient (Wildman–Crippen LogP) is 1.78. The van der Waals surface area contributed by atoms with Gasteiger partial charge in [-0.15, -0.1) is 23.7 Å². The molecule has 1 aromatic heterocycles. The Balaban J connectivity index is 0.00000144. The van der Waals surface area contributed by atoms with Gasteiger partial charge in [0.15, 0.2) is 0 Å². The maximum atomic E-state index is 12.1. The predicted molar refractivity (Wildman–Crippen MR) is 74.0 cm³/mol. The van der Waals surface area contributed by atoms with Crippen LogP contribution in [0.3, 0.4) is 0 Å². The summed E-state index contributed by atoms with van der Waals surface area (Å²) in [6.07, 6.45) is 0. The number of nitrogens with one attached hydrogen (secondary N) is 2. The molecule has 1 amide bonds. The van der Waals surface area contributed by atoms with E-state index >= 15 is 0 Å². The van der Waals surface area contributed by atoms with Gasteiger partial charge in [0, 0.05) is 30.4 Å². The van der Waals surface area contributed by atoms with Crippen LogP contribution in [0.2, 0.25) is 0 Å². The van der Waals surface area contributed by atoms with E-state index in [-0.39, 0.29) is 18.3 Å².